The first kappa shape index (κ1) is 31.8. The van der Waals surface area contributed by atoms with Crippen molar-refractivity contribution in [2.45, 2.75) is 44.7 Å². The monoisotopic (exact) mass is 649 g/mol. The van der Waals surface area contributed by atoms with Gasteiger partial charge in [-0.3, -0.25) is 14.6 Å². The Morgan fingerprint density at radius 1 is 0.750 bits per heavy atom. The average Bonchev–Trinajstić information content (AvgIpc) is 3.08. The lowest BCUT2D eigenvalue weighted by Gasteiger charge is -2.37. The number of anilines is 1. The molecule has 2 atom stereocenters. The van der Waals surface area contributed by atoms with Crippen LogP contribution in [0.15, 0.2) is 60.7 Å². The lowest BCUT2D eigenvalue weighted by Crippen LogP contribution is -2.34. The van der Waals surface area contributed by atoms with Crippen LogP contribution >= 0.6 is 0 Å². The molecule has 1 amide bonds. The molecule has 0 saturated heterocycles. The second kappa shape index (κ2) is 13.1. The van der Waals surface area contributed by atoms with Gasteiger partial charge in [0.15, 0.2) is 28.7 Å². The van der Waals surface area contributed by atoms with Gasteiger partial charge in [-0.25, -0.2) is 0 Å². The molecule has 0 aromatic heterocycles. The number of benzene rings is 4. The molecule has 4 aromatic carbocycles. The zero-order valence-corrected chi connectivity index (χ0v) is 28.5. The highest BCUT2D eigenvalue weighted by atomic mass is 16.5. The van der Waals surface area contributed by atoms with Crippen LogP contribution in [0.3, 0.4) is 0 Å². The van der Waals surface area contributed by atoms with Crippen molar-refractivity contribution in [3.05, 3.63) is 94.0 Å². The number of likely N-dealkylation sites (N-methyl/N-ethyl adjacent to an activating group) is 2. The molecule has 0 spiro atoms. The van der Waals surface area contributed by atoms with Crippen LogP contribution < -0.4 is 29.0 Å². The standard InChI is InChI=1S/C39H43N3O6/c1-23(43)40-30-12-9-25-18-31-29-22-35(34(44-4)20-26(29)13-15-41(31)2)48-39-37-27(21-36(45-5)38(39)46-6)14-16-42(3)32(37)17-24-7-10-28(11-8-24)47-33(30)19-25/h7-12,19-22,31-32H,13-18H2,1-6H3,(H,40,43)/t31-,32+/m1/s1. The Labute approximate surface area is 282 Å². The van der Waals surface area contributed by atoms with Gasteiger partial charge >= 0.3 is 0 Å². The zero-order valence-electron chi connectivity index (χ0n) is 28.5. The maximum absolute atomic E-state index is 12.1. The fraction of sp³-hybridized carbons (Fsp3) is 0.359. The molecule has 250 valence electrons. The molecule has 1 N–H and O–H groups in total. The number of nitrogens with one attached hydrogen (secondary N) is 1. The van der Waals surface area contributed by atoms with E-state index in [1.54, 1.807) is 21.3 Å². The molecule has 9 heteroatoms. The fourth-order valence-electron chi connectivity index (χ4n) is 7.42. The summed E-state index contributed by atoms with van der Waals surface area (Å²) in [5.74, 6) is 4.34. The van der Waals surface area contributed by atoms with E-state index in [9.17, 15) is 4.79 Å². The van der Waals surface area contributed by atoms with Crippen LogP contribution in [0.2, 0.25) is 0 Å². The van der Waals surface area contributed by atoms with Crippen molar-refractivity contribution in [1.29, 1.82) is 0 Å². The highest BCUT2D eigenvalue weighted by molar-refractivity contribution is 5.90. The molecule has 48 heavy (non-hydrogen) atoms. The van der Waals surface area contributed by atoms with Crippen molar-refractivity contribution in [3.8, 4) is 40.2 Å². The van der Waals surface area contributed by atoms with E-state index >= 15 is 0 Å². The number of rotatable bonds is 4. The second-order valence-corrected chi connectivity index (χ2v) is 13.0. The summed E-state index contributed by atoms with van der Waals surface area (Å²) < 4.78 is 31.4. The van der Waals surface area contributed by atoms with Crippen LogP contribution in [-0.4, -0.2) is 64.2 Å². The molecule has 0 aliphatic carbocycles. The third-order valence-corrected chi connectivity index (χ3v) is 9.98. The number of ether oxygens (including phenoxy) is 5. The molecule has 0 saturated carbocycles. The van der Waals surface area contributed by atoms with Gasteiger partial charge in [-0.05, 0) is 110 Å². The first-order valence-corrected chi connectivity index (χ1v) is 16.5. The van der Waals surface area contributed by atoms with Crippen molar-refractivity contribution in [2.75, 3.05) is 53.8 Å². The molecule has 4 heterocycles. The molecule has 9 nitrogen and oxygen atoms in total. The van der Waals surface area contributed by atoms with Gasteiger partial charge in [-0.2, -0.15) is 0 Å². The number of methoxy groups -OCH3 is 3. The van der Waals surface area contributed by atoms with Crippen molar-refractivity contribution in [1.82, 2.24) is 9.80 Å². The van der Waals surface area contributed by atoms with Crippen LogP contribution in [0.1, 0.15) is 52.4 Å². The second-order valence-electron chi connectivity index (χ2n) is 13.0. The number of fused-ring (bicyclic) bond motifs is 2. The van der Waals surface area contributed by atoms with Gasteiger partial charge in [-0.1, -0.05) is 18.2 Å². The topological polar surface area (TPSA) is 81.7 Å². The minimum absolute atomic E-state index is 0.0137. The third kappa shape index (κ3) is 5.93. The summed E-state index contributed by atoms with van der Waals surface area (Å²) in [6.45, 7) is 3.31. The van der Waals surface area contributed by atoms with Crippen LogP contribution in [0, 0.1) is 0 Å². The highest BCUT2D eigenvalue weighted by Crippen LogP contribution is 2.51. The average molecular weight is 650 g/mol. The maximum Gasteiger partial charge on any atom is 0.221 e. The van der Waals surface area contributed by atoms with Crippen molar-refractivity contribution < 1.29 is 28.5 Å². The lowest BCUT2D eigenvalue weighted by atomic mass is 9.87. The van der Waals surface area contributed by atoms with E-state index < -0.39 is 0 Å². The normalized spacial score (nSPS) is 18.8. The van der Waals surface area contributed by atoms with Crippen molar-refractivity contribution in [2.24, 2.45) is 0 Å². The SMILES string of the molecule is COc1cc2c3cc1Oc1c(OC)c(OC)cc4c1[C@H](Cc1ccc(cc1)Oc1cc(ccc1NC(C)=O)C[C@H]3N(C)CC2)N(C)CC4. The van der Waals surface area contributed by atoms with E-state index in [0.717, 1.165) is 55.5 Å². The number of hydrogen-bond donors (Lipinski definition) is 1. The van der Waals surface area contributed by atoms with Crippen LogP contribution in [0.25, 0.3) is 0 Å². The zero-order chi connectivity index (χ0) is 33.5. The van der Waals surface area contributed by atoms with Crippen LogP contribution in [-0.2, 0) is 30.5 Å². The molecule has 8 rings (SSSR count). The van der Waals surface area contributed by atoms with E-state index in [-0.39, 0.29) is 18.0 Å². The third-order valence-electron chi connectivity index (χ3n) is 9.98. The Morgan fingerprint density at radius 3 is 2.12 bits per heavy atom. The Bertz CT molecular complexity index is 1860. The molecule has 6 bridgehead atoms. The molecule has 0 fully saturated rings. The number of hydrogen-bond acceptors (Lipinski definition) is 8. The first-order valence-electron chi connectivity index (χ1n) is 16.5. The van der Waals surface area contributed by atoms with E-state index in [1.807, 2.05) is 24.3 Å². The maximum atomic E-state index is 12.1. The van der Waals surface area contributed by atoms with Gasteiger partial charge < -0.3 is 29.0 Å². The van der Waals surface area contributed by atoms with Crippen LogP contribution in [0.5, 0.6) is 40.2 Å². The van der Waals surface area contributed by atoms with Crippen LogP contribution in [0.4, 0.5) is 5.69 Å². The Morgan fingerprint density at radius 2 is 1.42 bits per heavy atom. The Hall–Kier alpha value is -4.73. The van der Waals surface area contributed by atoms with E-state index in [0.29, 0.717) is 45.9 Å². The van der Waals surface area contributed by atoms with Gasteiger partial charge in [0.2, 0.25) is 11.7 Å². The van der Waals surface area contributed by atoms with Gasteiger partial charge in [-0.15, -0.1) is 0 Å². The summed E-state index contributed by atoms with van der Waals surface area (Å²) in [4.78, 5) is 16.9. The first-order chi connectivity index (χ1) is 23.3. The Kier molecular flexibility index (Phi) is 8.66. The fourth-order valence-corrected chi connectivity index (χ4v) is 7.42. The summed E-state index contributed by atoms with van der Waals surface area (Å²) >= 11 is 0. The van der Waals surface area contributed by atoms with Crippen molar-refractivity contribution in [3.63, 3.8) is 0 Å². The summed E-state index contributed by atoms with van der Waals surface area (Å²) in [7, 11) is 9.35. The Balaban J connectivity index is 1.45. The predicted octanol–water partition coefficient (Wildman–Crippen LogP) is 7.11. The van der Waals surface area contributed by atoms with Gasteiger partial charge in [0.05, 0.1) is 27.0 Å². The quantitative estimate of drug-likeness (QED) is 0.251. The van der Waals surface area contributed by atoms with E-state index in [4.69, 9.17) is 23.7 Å². The number of amides is 1. The predicted molar refractivity (Wildman–Crippen MR) is 185 cm³/mol. The van der Waals surface area contributed by atoms with Gasteiger partial charge in [0.1, 0.15) is 5.75 Å². The molecule has 0 radical (unpaired) electrons. The highest BCUT2D eigenvalue weighted by Gasteiger charge is 2.34. The molecular formula is C39H43N3O6. The number of nitrogens with zero attached hydrogens (tertiary/aromatic N) is 2. The van der Waals surface area contributed by atoms with Gasteiger partial charge in [0, 0.05) is 37.7 Å². The number of carbonyl (C=O) groups is 1. The minimum atomic E-state index is -0.148. The summed E-state index contributed by atoms with van der Waals surface area (Å²) in [5, 5.41) is 2.94. The summed E-state index contributed by atoms with van der Waals surface area (Å²) in [6, 6.07) is 20.7. The van der Waals surface area contributed by atoms with E-state index in [1.165, 1.54) is 23.6 Å². The van der Waals surface area contributed by atoms with Crippen molar-refractivity contribution >= 4 is 11.6 Å². The molecular weight excluding hydrogens is 606 g/mol. The molecule has 4 aliphatic heterocycles. The summed E-state index contributed by atoms with van der Waals surface area (Å²) in [5.41, 5.74) is 7.58. The largest absolute Gasteiger partial charge is 0.493 e. The smallest absolute Gasteiger partial charge is 0.221 e. The lowest BCUT2D eigenvalue weighted by molar-refractivity contribution is -0.114. The molecule has 0 unspecified atom stereocenters. The van der Waals surface area contributed by atoms with Gasteiger partial charge in [0.25, 0.3) is 0 Å². The van der Waals surface area contributed by atoms with E-state index in [2.05, 4.69) is 65.6 Å². The number of carbonyl (C=O) groups excluding carboxylic acids is 1. The minimum Gasteiger partial charge on any atom is -0.493 e. The molecule has 4 aliphatic rings. The molecule has 4 aromatic rings. The summed E-state index contributed by atoms with van der Waals surface area (Å²) in [6.07, 6.45) is 3.23.